The van der Waals surface area contributed by atoms with E-state index in [1.165, 1.54) is 18.9 Å². The SMILES string of the molecule is CCCO[C@H]1[C@H](OC(C)=O)O[C@@H]2O[C@@H]3OC(=O)/C(=C\C=C4/CCCC(C)(C)C4)[C@@H]3[C@@H]21. The number of hydrogen-bond donors (Lipinski definition) is 0. The first-order valence-corrected chi connectivity index (χ1v) is 11.0. The van der Waals surface area contributed by atoms with Crippen LogP contribution in [-0.4, -0.2) is 43.5 Å². The Bertz CT molecular complexity index is 753. The minimum atomic E-state index is -0.848. The monoisotopic (exact) mass is 420 g/mol. The predicted octanol–water partition coefficient (Wildman–Crippen LogP) is 3.63. The molecular formula is C23H32O7. The molecule has 4 fully saturated rings. The van der Waals surface area contributed by atoms with E-state index in [1.54, 1.807) is 0 Å². The van der Waals surface area contributed by atoms with Crippen LogP contribution >= 0.6 is 0 Å². The molecule has 3 heterocycles. The van der Waals surface area contributed by atoms with Gasteiger partial charge >= 0.3 is 11.9 Å². The number of ether oxygens (including phenoxy) is 5. The topological polar surface area (TPSA) is 80.3 Å². The molecule has 0 radical (unpaired) electrons. The fourth-order valence-electron chi connectivity index (χ4n) is 5.11. The Morgan fingerprint density at radius 2 is 2.03 bits per heavy atom. The molecule has 3 aliphatic heterocycles. The van der Waals surface area contributed by atoms with Gasteiger partial charge in [-0.2, -0.15) is 0 Å². The molecule has 1 aliphatic carbocycles. The van der Waals surface area contributed by atoms with E-state index in [0.29, 0.717) is 17.6 Å². The van der Waals surface area contributed by atoms with Crippen molar-refractivity contribution in [1.82, 2.24) is 0 Å². The molecule has 7 nitrogen and oxygen atoms in total. The second-order valence-electron chi connectivity index (χ2n) is 9.47. The lowest BCUT2D eigenvalue weighted by Gasteiger charge is -2.31. The normalized spacial score (nSPS) is 39.8. The second-order valence-corrected chi connectivity index (χ2v) is 9.47. The Kier molecular flexibility index (Phi) is 6.06. The molecule has 0 bridgehead atoms. The number of esters is 2. The summed E-state index contributed by atoms with van der Waals surface area (Å²) in [5.74, 6) is -1.38. The van der Waals surface area contributed by atoms with Crippen LogP contribution in [0.3, 0.4) is 0 Å². The maximum Gasteiger partial charge on any atom is 0.336 e. The van der Waals surface area contributed by atoms with Crippen molar-refractivity contribution in [3.63, 3.8) is 0 Å². The van der Waals surface area contributed by atoms with Gasteiger partial charge < -0.3 is 23.7 Å². The van der Waals surface area contributed by atoms with Gasteiger partial charge in [0.2, 0.25) is 12.6 Å². The van der Waals surface area contributed by atoms with Gasteiger partial charge in [0.15, 0.2) is 6.29 Å². The number of rotatable bonds is 5. The van der Waals surface area contributed by atoms with Gasteiger partial charge in [0.1, 0.15) is 6.10 Å². The van der Waals surface area contributed by atoms with E-state index in [-0.39, 0.29) is 17.8 Å². The maximum atomic E-state index is 12.6. The smallest absolute Gasteiger partial charge is 0.336 e. The van der Waals surface area contributed by atoms with E-state index >= 15 is 0 Å². The van der Waals surface area contributed by atoms with Crippen LogP contribution in [0.5, 0.6) is 0 Å². The first-order chi connectivity index (χ1) is 14.3. The van der Waals surface area contributed by atoms with Gasteiger partial charge in [0.25, 0.3) is 0 Å². The lowest BCUT2D eigenvalue weighted by Crippen LogP contribution is -2.37. The average Bonchev–Trinajstić information content (AvgIpc) is 3.24. The number of fused-ring (bicyclic) bond motifs is 3. The summed E-state index contributed by atoms with van der Waals surface area (Å²) < 4.78 is 28.5. The highest BCUT2D eigenvalue weighted by Crippen LogP contribution is 2.50. The molecule has 4 aliphatic rings. The van der Waals surface area contributed by atoms with Crippen molar-refractivity contribution in [3.05, 3.63) is 23.3 Å². The molecule has 0 spiro atoms. The minimum Gasteiger partial charge on any atom is -0.433 e. The first kappa shape index (κ1) is 21.5. The van der Waals surface area contributed by atoms with Crippen LogP contribution in [0.25, 0.3) is 0 Å². The van der Waals surface area contributed by atoms with E-state index < -0.39 is 30.9 Å². The van der Waals surface area contributed by atoms with E-state index in [0.717, 1.165) is 25.7 Å². The van der Waals surface area contributed by atoms with Gasteiger partial charge in [-0.3, -0.25) is 4.79 Å². The highest BCUT2D eigenvalue weighted by atomic mass is 16.8. The van der Waals surface area contributed by atoms with Crippen LogP contribution < -0.4 is 0 Å². The molecule has 30 heavy (non-hydrogen) atoms. The number of carbonyl (C=O) groups excluding carboxylic acids is 2. The third kappa shape index (κ3) is 4.20. The lowest BCUT2D eigenvalue weighted by molar-refractivity contribution is -0.245. The molecule has 4 rings (SSSR count). The van der Waals surface area contributed by atoms with Gasteiger partial charge in [-0.05, 0) is 37.5 Å². The largest absolute Gasteiger partial charge is 0.433 e. The third-order valence-electron chi connectivity index (χ3n) is 6.38. The van der Waals surface area contributed by atoms with E-state index in [1.807, 2.05) is 13.0 Å². The Labute approximate surface area is 177 Å². The number of carbonyl (C=O) groups is 2. The predicted molar refractivity (Wildman–Crippen MR) is 107 cm³/mol. The molecule has 0 N–H and O–H groups in total. The Balaban J connectivity index is 1.58. The van der Waals surface area contributed by atoms with E-state index in [9.17, 15) is 9.59 Å². The molecule has 0 aromatic carbocycles. The Morgan fingerprint density at radius 3 is 2.73 bits per heavy atom. The summed E-state index contributed by atoms with van der Waals surface area (Å²) in [5.41, 5.74) is 2.23. The van der Waals surface area contributed by atoms with Crippen molar-refractivity contribution in [2.24, 2.45) is 17.3 Å². The van der Waals surface area contributed by atoms with Crippen LogP contribution in [0.1, 0.15) is 59.8 Å². The maximum absolute atomic E-state index is 12.6. The average molecular weight is 421 g/mol. The van der Waals surface area contributed by atoms with Crippen LogP contribution in [-0.2, 0) is 33.3 Å². The zero-order valence-corrected chi connectivity index (χ0v) is 18.2. The molecule has 0 aromatic heterocycles. The molecule has 6 atom stereocenters. The Morgan fingerprint density at radius 1 is 1.23 bits per heavy atom. The first-order valence-electron chi connectivity index (χ1n) is 11.0. The highest BCUT2D eigenvalue weighted by molar-refractivity contribution is 5.92. The van der Waals surface area contributed by atoms with Crippen molar-refractivity contribution >= 4 is 11.9 Å². The molecule has 0 unspecified atom stereocenters. The standard InChI is InChI=1S/C23H32O7/c1-5-11-26-18-17-16-15(9-8-14-7-6-10-23(3,4)12-14)19(25)28-20(16)29-21(17)30-22(18)27-13(2)24/h8-9,16-18,20-22H,5-7,10-12H2,1-4H3/b14-8+,15-9-/t16-,17-,18-,20+,21+,22-/m1/s1. The van der Waals surface area contributed by atoms with Gasteiger partial charge in [0.05, 0.1) is 11.8 Å². The van der Waals surface area contributed by atoms with Crippen LogP contribution in [0.15, 0.2) is 23.3 Å². The molecule has 166 valence electrons. The van der Waals surface area contributed by atoms with Crippen molar-refractivity contribution < 1.29 is 33.3 Å². The molecule has 0 aromatic rings. The number of hydrogen-bond acceptors (Lipinski definition) is 7. The molecule has 0 amide bonds. The van der Waals surface area contributed by atoms with Crippen molar-refractivity contribution in [1.29, 1.82) is 0 Å². The quantitative estimate of drug-likeness (QED) is 0.496. The Hall–Kier alpha value is -1.70. The zero-order valence-electron chi connectivity index (χ0n) is 18.2. The minimum absolute atomic E-state index is 0.273. The number of allylic oxidation sites excluding steroid dienone is 3. The van der Waals surface area contributed by atoms with Crippen molar-refractivity contribution in [3.8, 4) is 0 Å². The fraction of sp³-hybridized carbons (Fsp3) is 0.739. The fourth-order valence-corrected chi connectivity index (χ4v) is 5.11. The van der Waals surface area contributed by atoms with E-state index in [2.05, 4.69) is 19.9 Å². The van der Waals surface area contributed by atoms with Crippen molar-refractivity contribution in [2.75, 3.05) is 6.61 Å². The summed E-state index contributed by atoms with van der Waals surface area (Å²) in [6, 6.07) is 0. The summed E-state index contributed by atoms with van der Waals surface area (Å²) in [6.45, 7) is 8.41. The van der Waals surface area contributed by atoms with Gasteiger partial charge in [0, 0.05) is 19.1 Å². The summed E-state index contributed by atoms with van der Waals surface area (Å²) in [4.78, 5) is 24.1. The summed E-state index contributed by atoms with van der Waals surface area (Å²) in [5, 5.41) is 0. The van der Waals surface area contributed by atoms with E-state index in [4.69, 9.17) is 23.7 Å². The van der Waals surface area contributed by atoms with Gasteiger partial charge in [-0.1, -0.05) is 38.5 Å². The van der Waals surface area contributed by atoms with Gasteiger partial charge in [-0.25, -0.2) is 4.79 Å². The summed E-state index contributed by atoms with van der Waals surface area (Å²) >= 11 is 0. The molecule has 7 heteroatoms. The van der Waals surface area contributed by atoms with Crippen LogP contribution in [0, 0.1) is 17.3 Å². The summed E-state index contributed by atoms with van der Waals surface area (Å²) in [7, 11) is 0. The molecule has 3 saturated heterocycles. The molecule has 1 saturated carbocycles. The van der Waals surface area contributed by atoms with Crippen molar-refractivity contribution in [2.45, 2.75) is 84.8 Å². The van der Waals surface area contributed by atoms with Crippen LogP contribution in [0.4, 0.5) is 0 Å². The zero-order chi connectivity index (χ0) is 21.5. The second kappa shape index (κ2) is 8.44. The highest BCUT2D eigenvalue weighted by Gasteiger charge is 2.63. The summed E-state index contributed by atoms with van der Waals surface area (Å²) in [6.07, 6.45) is 6.58. The third-order valence-corrected chi connectivity index (χ3v) is 6.38. The van der Waals surface area contributed by atoms with Crippen LogP contribution in [0.2, 0.25) is 0 Å². The van der Waals surface area contributed by atoms with Gasteiger partial charge in [-0.15, -0.1) is 0 Å². The lowest BCUT2D eigenvalue weighted by atomic mass is 9.75. The molecular weight excluding hydrogens is 388 g/mol.